The second-order valence-electron chi connectivity index (χ2n) is 6.72. The number of nitrogens with zero attached hydrogens (tertiary/aromatic N) is 1. The summed E-state index contributed by atoms with van der Waals surface area (Å²) in [5.74, 6) is -0.525. The van der Waals surface area contributed by atoms with Gasteiger partial charge in [-0.1, -0.05) is 60.7 Å². The van der Waals surface area contributed by atoms with Gasteiger partial charge in [0.25, 0.3) is 5.91 Å². The van der Waals surface area contributed by atoms with Gasteiger partial charge in [-0.05, 0) is 48.4 Å². The number of thiazole rings is 1. The monoisotopic (exact) mass is 414 g/mol. The van der Waals surface area contributed by atoms with Crippen molar-refractivity contribution in [2.24, 2.45) is 0 Å². The Balaban J connectivity index is 1.64. The van der Waals surface area contributed by atoms with Crippen molar-refractivity contribution in [3.63, 3.8) is 0 Å². The van der Waals surface area contributed by atoms with Gasteiger partial charge < -0.3 is 0 Å². The Morgan fingerprint density at radius 3 is 2.23 bits per heavy atom. The van der Waals surface area contributed by atoms with Gasteiger partial charge in [0, 0.05) is 16.0 Å². The van der Waals surface area contributed by atoms with Crippen LogP contribution in [0.25, 0.3) is 22.9 Å². The molecule has 0 atom stereocenters. The van der Waals surface area contributed by atoms with E-state index in [2.05, 4.69) is 10.3 Å². The van der Waals surface area contributed by atoms with E-state index in [1.54, 1.807) is 12.1 Å². The number of amides is 1. The molecule has 5 heteroatoms. The van der Waals surface area contributed by atoms with Crippen LogP contribution >= 0.6 is 11.3 Å². The van der Waals surface area contributed by atoms with E-state index in [4.69, 9.17) is 0 Å². The second-order valence-corrected chi connectivity index (χ2v) is 7.92. The molecular formula is C25H19FN2OS. The standard InChI is InChI=1S/C25H19FN2OS/c1-17-23(20-12-14-21(26)15-13-20)27-25(30-17)28-24(29)22(19-10-6-3-7-11-19)16-18-8-4-2-5-9-18/h2-16H,1H3,(H,27,28,29)/b22-16+. The van der Waals surface area contributed by atoms with E-state index >= 15 is 0 Å². The summed E-state index contributed by atoms with van der Waals surface area (Å²) in [6.45, 7) is 1.93. The highest BCUT2D eigenvalue weighted by Gasteiger charge is 2.16. The lowest BCUT2D eigenvalue weighted by Crippen LogP contribution is -2.13. The Labute approximate surface area is 178 Å². The lowest BCUT2D eigenvalue weighted by molar-refractivity contribution is -0.111. The molecule has 30 heavy (non-hydrogen) atoms. The number of hydrogen-bond donors (Lipinski definition) is 1. The highest BCUT2D eigenvalue weighted by molar-refractivity contribution is 7.16. The summed E-state index contributed by atoms with van der Waals surface area (Å²) in [5, 5.41) is 3.44. The summed E-state index contributed by atoms with van der Waals surface area (Å²) < 4.78 is 13.2. The molecule has 0 saturated carbocycles. The molecule has 1 heterocycles. The zero-order valence-corrected chi connectivity index (χ0v) is 17.1. The Morgan fingerprint density at radius 1 is 0.933 bits per heavy atom. The topological polar surface area (TPSA) is 42.0 Å². The third-order valence-corrected chi connectivity index (χ3v) is 5.46. The molecule has 148 valence electrons. The van der Waals surface area contributed by atoms with E-state index in [-0.39, 0.29) is 11.7 Å². The predicted octanol–water partition coefficient (Wildman–Crippen LogP) is 6.44. The van der Waals surface area contributed by atoms with Crippen LogP contribution in [-0.2, 0) is 4.79 Å². The van der Waals surface area contributed by atoms with Gasteiger partial charge in [0.05, 0.1) is 5.69 Å². The van der Waals surface area contributed by atoms with Crippen LogP contribution in [-0.4, -0.2) is 10.9 Å². The molecule has 0 aliphatic carbocycles. The minimum Gasteiger partial charge on any atom is -0.298 e. The third kappa shape index (κ3) is 4.53. The summed E-state index contributed by atoms with van der Waals surface area (Å²) in [6, 6.07) is 25.5. The molecule has 0 unspecified atom stereocenters. The highest BCUT2D eigenvalue weighted by atomic mass is 32.1. The normalized spacial score (nSPS) is 11.3. The minimum atomic E-state index is -0.293. The lowest BCUT2D eigenvalue weighted by Gasteiger charge is -2.08. The zero-order chi connectivity index (χ0) is 20.9. The lowest BCUT2D eigenvalue weighted by atomic mass is 10.0. The number of aromatic nitrogens is 1. The van der Waals surface area contributed by atoms with Crippen molar-refractivity contribution in [2.75, 3.05) is 5.32 Å². The van der Waals surface area contributed by atoms with Gasteiger partial charge in [0.2, 0.25) is 0 Å². The van der Waals surface area contributed by atoms with E-state index in [1.165, 1.54) is 23.5 Å². The van der Waals surface area contributed by atoms with Gasteiger partial charge in [0.15, 0.2) is 5.13 Å². The maximum absolute atomic E-state index is 13.2. The Bertz CT molecular complexity index is 1180. The summed E-state index contributed by atoms with van der Waals surface area (Å²) >= 11 is 1.40. The van der Waals surface area contributed by atoms with Crippen LogP contribution in [0.3, 0.4) is 0 Å². The quantitative estimate of drug-likeness (QED) is 0.302. The molecular weight excluding hydrogens is 395 g/mol. The van der Waals surface area contributed by atoms with Crippen LogP contribution in [0.5, 0.6) is 0 Å². The molecule has 4 aromatic rings. The van der Waals surface area contributed by atoms with Gasteiger partial charge in [-0.3, -0.25) is 10.1 Å². The number of benzene rings is 3. The highest BCUT2D eigenvalue weighted by Crippen LogP contribution is 2.31. The SMILES string of the molecule is Cc1sc(NC(=O)/C(=C/c2ccccc2)c2ccccc2)nc1-c1ccc(F)cc1. The summed E-state index contributed by atoms with van der Waals surface area (Å²) in [7, 11) is 0. The molecule has 1 amide bonds. The fourth-order valence-corrected chi connectivity index (χ4v) is 3.93. The van der Waals surface area contributed by atoms with Crippen molar-refractivity contribution in [1.29, 1.82) is 0 Å². The van der Waals surface area contributed by atoms with Crippen LogP contribution in [0.4, 0.5) is 9.52 Å². The van der Waals surface area contributed by atoms with Gasteiger partial charge in [0.1, 0.15) is 5.82 Å². The number of aryl methyl sites for hydroxylation is 1. The average Bonchev–Trinajstić information content (AvgIpc) is 3.13. The maximum atomic E-state index is 13.2. The van der Waals surface area contributed by atoms with E-state index in [1.807, 2.05) is 73.7 Å². The summed E-state index contributed by atoms with van der Waals surface area (Å²) in [5.41, 5.74) is 3.87. The molecule has 0 spiro atoms. The first-order valence-corrected chi connectivity index (χ1v) is 10.3. The fourth-order valence-electron chi connectivity index (χ4n) is 3.10. The van der Waals surface area contributed by atoms with Crippen LogP contribution in [0.15, 0.2) is 84.9 Å². The molecule has 4 rings (SSSR count). The molecule has 0 bridgehead atoms. The number of carbonyl (C=O) groups excluding carboxylic acids is 1. The van der Waals surface area contributed by atoms with Crippen molar-refractivity contribution in [2.45, 2.75) is 6.92 Å². The van der Waals surface area contributed by atoms with Crippen LogP contribution in [0, 0.1) is 12.7 Å². The first-order chi connectivity index (χ1) is 14.6. The Morgan fingerprint density at radius 2 is 1.57 bits per heavy atom. The Hall–Kier alpha value is -3.57. The Kier molecular flexibility index (Phi) is 5.82. The van der Waals surface area contributed by atoms with Gasteiger partial charge in [-0.15, -0.1) is 11.3 Å². The van der Waals surface area contributed by atoms with Gasteiger partial charge in [-0.25, -0.2) is 9.37 Å². The summed E-state index contributed by atoms with van der Waals surface area (Å²) in [4.78, 5) is 18.7. The number of carbonyl (C=O) groups is 1. The minimum absolute atomic E-state index is 0.232. The van der Waals surface area contributed by atoms with Crippen molar-refractivity contribution < 1.29 is 9.18 Å². The van der Waals surface area contributed by atoms with Crippen molar-refractivity contribution in [3.05, 3.63) is 107 Å². The predicted molar refractivity (Wildman–Crippen MR) is 122 cm³/mol. The van der Waals surface area contributed by atoms with Crippen LogP contribution in [0.1, 0.15) is 16.0 Å². The number of halogens is 1. The van der Waals surface area contributed by atoms with Crippen molar-refractivity contribution in [3.8, 4) is 11.3 Å². The number of hydrogen-bond acceptors (Lipinski definition) is 3. The van der Waals surface area contributed by atoms with Gasteiger partial charge in [-0.2, -0.15) is 0 Å². The molecule has 1 N–H and O–H groups in total. The zero-order valence-electron chi connectivity index (χ0n) is 16.3. The molecule has 0 saturated heterocycles. The van der Waals surface area contributed by atoms with Gasteiger partial charge >= 0.3 is 0 Å². The molecule has 1 aromatic heterocycles. The molecule has 3 aromatic carbocycles. The number of rotatable bonds is 5. The maximum Gasteiger partial charge on any atom is 0.258 e. The average molecular weight is 415 g/mol. The molecule has 0 aliphatic rings. The first kappa shape index (κ1) is 19.7. The molecule has 0 aliphatic heterocycles. The van der Waals surface area contributed by atoms with Crippen molar-refractivity contribution in [1.82, 2.24) is 4.98 Å². The molecule has 0 fully saturated rings. The summed E-state index contributed by atoms with van der Waals surface area (Å²) in [6.07, 6.45) is 1.87. The number of anilines is 1. The van der Waals surface area contributed by atoms with Crippen LogP contribution in [0.2, 0.25) is 0 Å². The van der Waals surface area contributed by atoms with E-state index < -0.39 is 0 Å². The van der Waals surface area contributed by atoms with Crippen LogP contribution < -0.4 is 5.32 Å². The smallest absolute Gasteiger partial charge is 0.258 e. The molecule has 0 radical (unpaired) electrons. The fraction of sp³-hybridized carbons (Fsp3) is 0.0400. The number of nitrogens with one attached hydrogen (secondary N) is 1. The van der Waals surface area contributed by atoms with Crippen molar-refractivity contribution >= 4 is 34.0 Å². The van der Waals surface area contributed by atoms with E-state index in [0.717, 1.165) is 27.3 Å². The molecule has 3 nitrogen and oxygen atoms in total. The van der Waals surface area contributed by atoms with E-state index in [0.29, 0.717) is 10.7 Å². The largest absolute Gasteiger partial charge is 0.298 e. The third-order valence-electron chi connectivity index (χ3n) is 4.57. The second kappa shape index (κ2) is 8.84. The van der Waals surface area contributed by atoms with E-state index in [9.17, 15) is 9.18 Å². The first-order valence-electron chi connectivity index (χ1n) is 9.47.